The average Bonchev–Trinajstić information content (AvgIpc) is 0.722. The molecule has 0 bridgehead atoms. The Morgan fingerprint density at radius 1 is 0.714 bits per heavy atom. The van der Waals surface area contributed by atoms with Crippen LogP contribution in [0.15, 0.2) is 0 Å². The standard InChI is InChI=1S/4ClH.Cr.2H2O/h4*1H;;2*1H2/q;;;;+4;;/p-4. The van der Waals surface area contributed by atoms with Crippen LogP contribution in [0.2, 0.25) is 0 Å². The van der Waals surface area contributed by atoms with Gasteiger partial charge in [0.1, 0.15) is 0 Å². The van der Waals surface area contributed by atoms with Crippen LogP contribution in [0.4, 0.5) is 0 Å². The van der Waals surface area contributed by atoms with Gasteiger partial charge in [-0.25, -0.2) is 0 Å². The van der Waals surface area contributed by atoms with E-state index in [9.17, 15) is 0 Å². The third-order valence-electron chi connectivity index (χ3n) is 0. The van der Waals surface area contributed by atoms with Gasteiger partial charge in [0.05, 0.1) is 0 Å². The van der Waals surface area contributed by atoms with E-state index in [0.29, 0.717) is 0 Å². The zero-order valence-corrected chi connectivity index (χ0v) is 7.22. The maximum absolute atomic E-state index is 4.98. The first-order chi connectivity index (χ1) is 2.00. The van der Waals surface area contributed by atoms with Gasteiger partial charge < -0.3 is 11.0 Å². The second-order valence-corrected chi connectivity index (χ2v) is 13.0. The molecule has 0 fully saturated rings. The molecule has 0 saturated heterocycles. The molecule has 0 atom stereocenters. The van der Waals surface area contributed by atoms with Gasteiger partial charge in [0.2, 0.25) is 0 Å². The van der Waals surface area contributed by atoms with Crippen molar-refractivity contribution >= 4 is 40.2 Å². The van der Waals surface area contributed by atoms with E-state index in [0.717, 1.165) is 0 Å². The quantitative estimate of drug-likeness (QED) is 0.598. The van der Waals surface area contributed by atoms with Crippen molar-refractivity contribution in [3.8, 4) is 0 Å². The SMILES string of the molecule is O.O.[Cl][Cr]([Cl])([Cl])[Cl]. The van der Waals surface area contributed by atoms with E-state index >= 15 is 0 Å². The first kappa shape index (κ1) is 15.8. The summed E-state index contributed by atoms with van der Waals surface area (Å²) >= 11 is 0. The van der Waals surface area contributed by atoms with E-state index in [-0.39, 0.29) is 11.0 Å². The average molecular weight is 230 g/mol. The zero-order valence-electron chi connectivity index (χ0n) is 2.92. The van der Waals surface area contributed by atoms with Gasteiger partial charge in [-0.05, 0) is 0 Å². The Hall–Kier alpha value is 1.61. The van der Waals surface area contributed by atoms with Crippen LogP contribution in [0, 0.1) is 0 Å². The summed E-state index contributed by atoms with van der Waals surface area (Å²) in [5.74, 6) is 0. The fourth-order valence-corrected chi connectivity index (χ4v) is 0. The molecule has 7 heteroatoms. The van der Waals surface area contributed by atoms with Gasteiger partial charge in [-0.15, -0.1) is 0 Å². The van der Waals surface area contributed by atoms with Gasteiger partial charge in [0, 0.05) is 0 Å². The number of halogens is 4. The first-order valence-corrected chi connectivity index (χ1v) is 7.63. The van der Waals surface area contributed by atoms with Crippen LogP contribution in [0.1, 0.15) is 0 Å². The molecule has 7 heavy (non-hydrogen) atoms. The van der Waals surface area contributed by atoms with E-state index in [4.69, 9.17) is 40.2 Å². The van der Waals surface area contributed by atoms with Gasteiger partial charge in [0.25, 0.3) is 0 Å². The van der Waals surface area contributed by atoms with Crippen LogP contribution >= 0.6 is 40.2 Å². The van der Waals surface area contributed by atoms with Crippen LogP contribution in [0.5, 0.6) is 0 Å². The molecule has 0 radical (unpaired) electrons. The molecular formula is H4Cl4CrO2. The van der Waals surface area contributed by atoms with Crippen molar-refractivity contribution in [2.45, 2.75) is 0 Å². The van der Waals surface area contributed by atoms with E-state index in [1.165, 1.54) is 0 Å². The topological polar surface area (TPSA) is 63.0 Å². The monoisotopic (exact) mass is 228 g/mol. The molecular weight excluding hydrogens is 226 g/mol. The van der Waals surface area contributed by atoms with Crippen LogP contribution in [0.25, 0.3) is 0 Å². The Bertz CT molecular complexity index is 25.2. The Labute approximate surface area is 60.4 Å². The van der Waals surface area contributed by atoms with E-state index < -0.39 is 9.39 Å². The summed E-state index contributed by atoms with van der Waals surface area (Å²) in [6.45, 7) is 0. The van der Waals surface area contributed by atoms with Gasteiger partial charge in [0.15, 0.2) is 0 Å². The molecule has 0 aromatic carbocycles. The molecule has 0 aromatic heterocycles. The summed E-state index contributed by atoms with van der Waals surface area (Å²) in [6, 6.07) is 0. The summed E-state index contributed by atoms with van der Waals surface area (Å²) in [5.41, 5.74) is 0. The van der Waals surface area contributed by atoms with Gasteiger partial charge in [-0.3, -0.25) is 0 Å². The maximum atomic E-state index is 4.98. The fraction of sp³-hybridized carbons (Fsp3) is 0. The minimum atomic E-state index is -2.86. The number of rotatable bonds is 0. The van der Waals surface area contributed by atoms with Gasteiger partial charge >= 0.3 is 49.6 Å². The molecule has 0 rings (SSSR count). The van der Waals surface area contributed by atoms with Gasteiger partial charge in [-0.1, -0.05) is 0 Å². The van der Waals surface area contributed by atoms with Crippen LogP contribution in [-0.2, 0) is 9.39 Å². The molecule has 50 valence electrons. The second kappa shape index (κ2) is 5.74. The van der Waals surface area contributed by atoms with E-state index in [1.54, 1.807) is 0 Å². The Morgan fingerprint density at radius 3 is 0.714 bits per heavy atom. The van der Waals surface area contributed by atoms with E-state index in [1.807, 2.05) is 0 Å². The van der Waals surface area contributed by atoms with Crippen LogP contribution in [-0.4, -0.2) is 11.0 Å². The summed E-state index contributed by atoms with van der Waals surface area (Å²) in [4.78, 5) is 0. The molecule has 0 unspecified atom stereocenters. The Morgan fingerprint density at radius 2 is 0.714 bits per heavy atom. The van der Waals surface area contributed by atoms with Crippen LogP contribution in [0.3, 0.4) is 0 Å². The third-order valence-corrected chi connectivity index (χ3v) is 0. The predicted octanol–water partition coefficient (Wildman–Crippen LogP) is 1.11. The second-order valence-electron chi connectivity index (χ2n) is 0.350. The van der Waals surface area contributed by atoms with Gasteiger partial charge in [-0.2, -0.15) is 0 Å². The van der Waals surface area contributed by atoms with Crippen molar-refractivity contribution in [1.82, 2.24) is 0 Å². The van der Waals surface area contributed by atoms with Crippen molar-refractivity contribution in [2.24, 2.45) is 0 Å². The normalized spacial score (nSPS) is 10.9. The molecule has 0 aliphatic carbocycles. The summed E-state index contributed by atoms with van der Waals surface area (Å²) in [7, 11) is 17.1. The first-order valence-electron chi connectivity index (χ1n) is 0.617. The summed E-state index contributed by atoms with van der Waals surface area (Å²) < 4.78 is 0. The molecule has 0 aliphatic rings. The molecule has 2 nitrogen and oxygen atoms in total. The molecule has 0 amide bonds. The van der Waals surface area contributed by atoms with Crippen molar-refractivity contribution in [3.05, 3.63) is 0 Å². The molecule has 0 aromatic rings. The molecule has 0 aliphatic heterocycles. The van der Waals surface area contributed by atoms with E-state index in [2.05, 4.69) is 0 Å². The fourth-order valence-electron chi connectivity index (χ4n) is 0. The Kier molecular flexibility index (Phi) is 13.0. The molecule has 0 saturated carbocycles. The Balaban J connectivity index is -0.0000000800. The van der Waals surface area contributed by atoms with Crippen molar-refractivity contribution in [3.63, 3.8) is 0 Å². The predicted molar refractivity (Wildman–Crippen MR) is 30.6 cm³/mol. The van der Waals surface area contributed by atoms with Crippen LogP contribution < -0.4 is 0 Å². The summed E-state index contributed by atoms with van der Waals surface area (Å²) in [5, 5.41) is 0. The molecule has 0 heterocycles. The molecule has 4 N–H and O–H groups in total. The number of hydrogen-bond acceptors (Lipinski definition) is 0. The molecule has 0 spiro atoms. The third kappa shape index (κ3) is 92.2. The van der Waals surface area contributed by atoms with Crippen molar-refractivity contribution < 1.29 is 20.3 Å². The summed E-state index contributed by atoms with van der Waals surface area (Å²) in [6.07, 6.45) is 0. The van der Waals surface area contributed by atoms with Crippen molar-refractivity contribution in [2.75, 3.05) is 0 Å². The van der Waals surface area contributed by atoms with Crippen molar-refractivity contribution in [1.29, 1.82) is 0 Å². The minimum absolute atomic E-state index is 0. The zero-order chi connectivity index (χ0) is 4.50. The number of hydrogen-bond donors (Lipinski definition) is 0.